The van der Waals surface area contributed by atoms with Crippen molar-refractivity contribution in [3.63, 3.8) is 0 Å². The maximum Gasteiger partial charge on any atom is 0.154 e. The summed E-state index contributed by atoms with van der Waals surface area (Å²) >= 11 is 0. The van der Waals surface area contributed by atoms with Gasteiger partial charge in [-0.2, -0.15) is 0 Å². The second-order valence-corrected chi connectivity index (χ2v) is 10.5. The molecule has 0 amide bonds. The summed E-state index contributed by atoms with van der Waals surface area (Å²) in [7, 11) is 57.6. The lowest BCUT2D eigenvalue weighted by Gasteiger charge is -2.20. The number of hydrogen-bond donors (Lipinski definition) is 2. The van der Waals surface area contributed by atoms with Gasteiger partial charge in [-0.1, -0.05) is 68.6 Å². The highest BCUT2D eigenvalue weighted by Crippen LogP contribution is 2.32. The monoisotopic (exact) mass is 543 g/mol. The van der Waals surface area contributed by atoms with Gasteiger partial charge in [-0.15, -0.1) is 10.9 Å². The average Bonchev–Trinajstić information content (AvgIpc) is 3.59. The zero-order chi connectivity index (χ0) is 31.4. The first-order chi connectivity index (χ1) is 20.9. The number of rotatable bonds is 2. The highest BCUT2D eigenvalue weighted by molar-refractivity contribution is 6.72. The highest BCUT2D eigenvalue weighted by atomic mass is 16.3. The van der Waals surface area contributed by atoms with E-state index in [1.807, 2.05) is 30.3 Å². The summed E-state index contributed by atoms with van der Waals surface area (Å²) in [4.78, 5) is 4.39. The van der Waals surface area contributed by atoms with Gasteiger partial charge in [0.1, 0.15) is 98.8 Å². The van der Waals surface area contributed by atoms with Crippen molar-refractivity contribution in [2.45, 2.75) is 0 Å². The fourth-order valence-electron chi connectivity index (χ4n) is 5.94. The summed E-state index contributed by atoms with van der Waals surface area (Å²) < 4.78 is 12.2. The lowest BCUT2D eigenvalue weighted by Crippen LogP contribution is -2.50. The molecule has 0 fully saturated rings. The third-order valence-corrected chi connectivity index (χ3v) is 8.11. The molecule has 0 unspecified atom stereocenters. The fourth-order valence-corrected chi connectivity index (χ4v) is 5.94. The Balaban J connectivity index is 1.50. The van der Waals surface area contributed by atoms with E-state index < -0.39 is 0 Å². The Bertz CT molecular complexity index is 2480. The van der Waals surface area contributed by atoms with Gasteiger partial charge in [0.25, 0.3) is 0 Å². The number of furan rings is 2. The lowest BCUT2D eigenvalue weighted by molar-refractivity contribution is 0.669. The molecule has 7 rings (SSSR count). The fraction of sp³-hybridized carbons (Fsp3) is 0. The second kappa shape index (κ2) is 9.85. The van der Waals surface area contributed by atoms with Crippen LogP contribution >= 0.6 is 0 Å². The summed E-state index contributed by atoms with van der Waals surface area (Å²) in [6, 6.07) is 12.8. The molecule has 0 atom stereocenters. The third kappa shape index (κ3) is 3.72. The molecule has 0 aliphatic heterocycles. The van der Waals surface area contributed by atoms with E-state index in [4.69, 9.17) is 90.6 Å². The van der Waals surface area contributed by atoms with Crippen LogP contribution in [0.3, 0.4) is 0 Å². The Morgan fingerprint density at radius 1 is 0.545 bits per heavy atom. The van der Waals surface area contributed by atoms with Crippen LogP contribution in [-0.2, 0) is 0 Å². The molecule has 0 aliphatic carbocycles. The van der Waals surface area contributed by atoms with E-state index in [9.17, 15) is 0 Å². The number of para-hydroxylation sites is 1. The molecule has 0 spiro atoms. The van der Waals surface area contributed by atoms with Gasteiger partial charge in [-0.25, -0.2) is 4.99 Å². The Labute approximate surface area is 264 Å². The van der Waals surface area contributed by atoms with Crippen LogP contribution in [0.2, 0.25) is 0 Å². The van der Waals surface area contributed by atoms with Crippen LogP contribution in [0, 0.1) is 5.41 Å². The first-order valence-electron chi connectivity index (χ1n) is 13.2. The quantitative estimate of drug-likeness (QED) is 0.135. The van der Waals surface area contributed by atoms with Crippen LogP contribution < -0.4 is 54.9 Å². The molecule has 5 aromatic carbocycles. The minimum atomic E-state index is -0.161. The molecule has 14 heteroatoms. The van der Waals surface area contributed by atoms with E-state index in [2.05, 4.69) is 4.99 Å². The number of nitrogens with one attached hydrogen (secondary N) is 1. The zero-order valence-electron chi connectivity index (χ0n) is 23.1. The number of hydrogen-bond acceptors (Lipinski definition) is 3. The van der Waals surface area contributed by atoms with Crippen molar-refractivity contribution in [1.29, 1.82) is 5.41 Å². The van der Waals surface area contributed by atoms with Gasteiger partial charge < -0.3 is 14.6 Å². The molecule has 5 nitrogen and oxygen atoms in total. The van der Waals surface area contributed by atoms with Gasteiger partial charge in [-0.3, -0.25) is 5.41 Å². The van der Waals surface area contributed by atoms with Gasteiger partial charge in [0.15, 0.2) is 5.84 Å². The molecule has 0 bridgehead atoms. The molecular weight excluding hydrogens is 532 g/mol. The van der Waals surface area contributed by atoms with Crippen LogP contribution in [0.1, 0.15) is 11.1 Å². The summed E-state index contributed by atoms with van der Waals surface area (Å²) in [5.41, 5.74) is 9.15. The lowest BCUT2D eigenvalue weighted by atomic mass is 9.61. The van der Waals surface area contributed by atoms with E-state index in [0.717, 1.165) is 5.39 Å². The minimum absolute atomic E-state index is 0.00842. The molecule has 184 valence electrons. The van der Waals surface area contributed by atoms with E-state index in [1.54, 1.807) is 12.1 Å². The van der Waals surface area contributed by atoms with Gasteiger partial charge in [-0.05, 0) is 17.5 Å². The van der Waals surface area contributed by atoms with E-state index >= 15 is 0 Å². The average molecular weight is 542 g/mol. The van der Waals surface area contributed by atoms with E-state index in [1.165, 1.54) is 0 Å². The maximum absolute atomic E-state index is 8.87. The first-order valence-corrected chi connectivity index (χ1v) is 13.2. The molecule has 7 aromatic rings. The minimum Gasteiger partial charge on any atom is -0.456 e. The number of aliphatic imine (C=N–C) groups is 1. The number of nitrogens with zero attached hydrogens (tertiary/aromatic N) is 1. The SMILES string of the molecule is [B]c1c(C(N)=NC(=N)c2cccc3oc4ccccc4c23)c([B])c2c(oc3c4c([B])c([B])c([B])c([B])c4c([B])c([B])c32)c1[B]. The summed E-state index contributed by atoms with van der Waals surface area (Å²) in [6.07, 6.45) is 0. The molecule has 3 N–H and O–H groups in total. The van der Waals surface area contributed by atoms with Gasteiger partial charge in [0, 0.05) is 38.1 Å². The Morgan fingerprint density at radius 2 is 1.11 bits per heavy atom. The van der Waals surface area contributed by atoms with Crippen LogP contribution in [0.15, 0.2) is 56.3 Å². The zero-order valence-corrected chi connectivity index (χ0v) is 23.1. The topological polar surface area (TPSA) is 88.5 Å². The van der Waals surface area contributed by atoms with E-state index in [0.29, 0.717) is 27.5 Å². The van der Waals surface area contributed by atoms with Crippen molar-refractivity contribution >= 4 is 186 Å². The predicted molar refractivity (Wildman–Crippen MR) is 191 cm³/mol. The van der Waals surface area contributed by atoms with Crippen LogP contribution in [0.5, 0.6) is 0 Å². The van der Waals surface area contributed by atoms with Crippen LogP contribution in [-0.4, -0.2) is 82.3 Å². The maximum atomic E-state index is 8.87. The molecule has 0 aliphatic rings. The molecule has 0 saturated heterocycles. The first kappa shape index (κ1) is 28.5. The largest absolute Gasteiger partial charge is 0.456 e. The van der Waals surface area contributed by atoms with Crippen molar-refractivity contribution in [3.8, 4) is 0 Å². The summed E-state index contributed by atoms with van der Waals surface area (Å²) in [6.45, 7) is 0. The Morgan fingerprint density at radius 3 is 1.84 bits per heavy atom. The Kier molecular flexibility index (Phi) is 6.37. The van der Waals surface area contributed by atoms with Crippen molar-refractivity contribution < 1.29 is 8.83 Å². The summed E-state index contributed by atoms with van der Waals surface area (Å²) in [5.74, 6) is -0.314. The smallest absolute Gasteiger partial charge is 0.154 e. The van der Waals surface area contributed by atoms with Crippen molar-refractivity contribution in [3.05, 3.63) is 53.6 Å². The van der Waals surface area contributed by atoms with Crippen molar-refractivity contribution in [2.24, 2.45) is 10.7 Å². The standard InChI is InChI=1S/C30H10B9N3O2/c31-18-15-16-21(34)19(32)13-14(22(35)25(38)24(37)20(13)33)27(16)44-28(15)26(39)23(36)17(18)30(41)42-29(40)9-5-3-7-11-12(9)8-4-1-2-6-10(8)43-11/h1-7H,(H3,40,41,42). The van der Waals surface area contributed by atoms with Crippen molar-refractivity contribution in [2.75, 3.05) is 0 Å². The van der Waals surface area contributed by atoms with Crippen LogP contribution in [0.25, 0.3) is 54.6 Å². The number of fused-ring (bicyclic) bond motifs is 8. The number of nitrogens with two attached hydrogens (primary N) is 1. The second-order valence-electron chi connectivity index (χ2n) is 10.5. The number of amidine groups is 2. The molecular formula is C30H10B9N3O2. The number of benzene rings is 5. The predicted octanol–water partition coefficient (Wildman–Crippen LogP) is -3.49. The molecule has 2 heterocycles. The van der Waals surface area contributed by atoms with E-state index in [-0.39, 0.29) is 93.7 Å². The Hall–Kier alpha value is -4.32. The molecule has 44 heavy (non-hydrogen) atoms. The third-order valence-electron chi connectivity index (χ3n) is 8.11. The van der Waals surface area contributed by atoms with Gasteiger partial charge >= 0.3 is 0 Å². The van der Waals surface area contributed by atoms with Gasteiger partial charge in [0.05, 0.1) is 0 Å². The molecule has 0 saturated carbocycles. The highest BCUT2D eigenvalue weighted by Gasteiger charge is 2.24. The van der Waals surface area contributed by atoms with Crippen LogP contribution in [0.4, 0.5) is 0 Å². The summed E-state index contributed by atoms with van der Waals surface area (Å²) in [5, 5.41) is 11.5. The molecule has 18 radical (unpaired) electrons. The molecule has 2 aromatic heterocycles. The normalized spacial score (nSPS) is 12.3. The van der Waals surface area contributed by atoms with Crippen molar-refractivity contribution in [1.82, 2.24) is 0 Å². The van der Waals surface area contributed by atoms with Gasteiger partial charge in [0.2, 0.25) is 0 Å².